The molecule has 0 heterocycles. The van der Waals surface area contributed by atoms with Gasteiger partial charge in [-0.3, -0.25) is 0 Å². The minimum atomic E-state index is -0.386. The topological polar surface area (TPSA) is 36.9 Å². The van der Waals surface area contributed by atoms with E-state index in [1.807, 2.05) is 31.4 Å². The number of rotatable bonds is 32. The van der Waals surface area contributed by atoms with Crippen molar-refractivity contribution >= 4 is 50.5 Å². The van der Waals surface area contributed by atoms with Crippen LogP contribution in [-0.4, -0.2) is 67.8 Å². The van der Waals surface area contributed by atoms with Crippen molar-refractivity contribution in [3.8, 4) is 0 Å². The Morgan fingerprint density at radius 3 is 1.08 bits per heavy atom. The lowest BCUT2D eigenvalue weighted by atomic mass is 10.2. The molecule has 0 saturated carbocycles. The molecule has 0 fully saturated rings. The second kappa shape index (κ2) is 29.4. The average molecular weight is 643 g/mol. The summed E-state index contributed by atoms with van der Waals surface area (Å²) in [5.41, 5.74) is -0.440. The molecule has 0 atom stereocenters. The molecule has 0 aliphatic heterocycles. The van der Waals surface area contributed by atoms with Crippen molar-refractivity contribution in [2.75, 3.05) is 37.9 Å². The molecule has 39 heavy (non-hydrogen) atoms. The first-order valence-corrected chi connectivity index (χ1v) is 23.8. The van der Waals surface area contributed by atoms with Gasteiger partial charge in [-0.25, -0.2) is 0 Å². The van der Waals surface area contributed by atoms with Crippen LogP contribution in [0.15, 0.2) is 0 Å². The summed E-state index contributed by atoms with van der Waals surface area (Å²) in [4.78, 5) is 0. The van der Waals surface area contributed by atoms with E-state index in [-0.39, 0.29) is 29.9 Å². The van der Waals surface area contributed by atoms with Crippen molar-refractivity contribution in [2.45, 2.75) is 154 Å². The maximum Gasteiger partial charge on any atom is 0.144 e. The van der Waals surface area contributed by atoms with E-state index in [4.69, 9.17) is 18.9 Å². The van der Waals surface area contributed by atoms with E-state index in [2.05, 4.69) is 41.5 Å². The van der Waals surface area contributed by atoms with E-state index in [0.717, 1.165) is 65.0 Å². The summed E-state index contributed by atoms with van der Waals surface area (Å²) < 4.78 is 25.8. The van der Waals surface area contributed by atoms with Crippen molar-refractivity contribution in [1.82, 2.24) is 0 Å². The van der Waals surface area contributed by atoms with E-state index < -0.39 is 0 Å². The van der Waals surface area contributed by atoms with Gasteiger partial charge in [-0.15, -0.1) is 0 Å². The number of hydrogen-bond donors (Lipinski definition) is 0. The van der Waals surface area contributed by atoms with Gasteiger partial charge >= 0.3 is 0 Å². The van der Waals surface area contributed by atoms with Crippen LogP contribution in [-0.2, 0) is 18.9 Å². The first-order valence-electron chi connectivity index (χ1n) is 16.5. The zero-order valence-corrected chi connectivity index (χ0v) is 32.1. The molecule has 0 aromatic heterocycles. The van der Waals surface area contributed by atoms with Crippen molar-refractivity contribution in [3.05, 3.63) is 0 Å². The third-order valence-corrected chi connectivity index (χ3v) is 15.3. The fraction of sp³-hybridized carbons (Fsp3) is 1.00. The quantitative estimate of drug-likeness (QED) is 0.0313. The van der Waals surface area contributed by atoms with Crippen molar-refractivity contribution in [2.24, 2.45) is 0 Å². The van der Waals surface area contributed by atoms with Crippen LogP contribution in [0.2, 0.25) is 12.1 Å². The van der Waals surface area contributed by atoms with E-state index in [0.29, 0.717) is 0 Å². The zero-order valence-electron chi connectivity index (χ0n) is 26.8. The Morgan fingerprint density at radius 2 is 0.795 bits per heavy atom. The van der Waals surface area contributed by atoms with Gasteiger partial charge in [-0.05, 0) is 74.0 Å². The van der Waals surface area contributed by atoms with Crippen LogP contribution in [0.4, 0.5) is 0 Å². The standard InChI is InChI=1S/C30H66O4S3Si2/c1-7-13-23-31-29(38-11-5,32-24-14-8-2)21-17-19-27-35-37-36-28-20-18-22-30(39-12-6,33-25-15-9-3)34-26-16-10-4/h7-28,38-39H2,1-6H3. The molecular weight excluding hydrogens is 577 g/mol. The molecule has 236 valence electrons. The van der Waals surface area contributed by atoms with Crippen LogP contribution in [0, 0.1) is 0 Å². The van der Waals surface area contributed by atoms with Crippen LogP contribution >= 0.6 is 31.4 Å². The minimum Gasteiger partial charge on any atom is -0.354 e. The molecule has 0 aliphatic carbocycles. The first kappa shape index (κ1) is 40.3. The molecule has 9 heteroatoms. The molecule has 4 nitrogen and oxygen atoms in total. The Morgan fingerprint density at radius 1 is 0.462 bits per heavy atom. The fourth-order valence-corrected chi connectivity index (χ4v) is 12.2. The van der Waals surface area contributed by atoms with Crippen LogP contribution in [0.25, 0.3) is 0 Å². The maximum absolute atomic E-state index is 6.44. The molecule has 0 aromatic carbocycles. The summed E-state index contributed by atoms with van der Waals surface area (Å²) in [5, 5.41) is 0. The van der Waals surface area contributed by atoms with Gasteiger partial charge in [0.05, 0.1) is 19.0 Å². The van der Waals surface area contributed by atoms with Crippen LogP contribution in [0.3, 0.4) is 0 Å². The Hall–Kier alpha value is 1.32. The average Bonchev–Trinajstić information content (AvgIpc) is 2.92. The molecule has 0 unspecified atom stereocenters. The van der Waals surface area contributed by atoms with Gasteiger partial charge in [0, 0.05) is 37.9 Å². The number of hydrogen-bond acceptors (Lipinski definition) is 7. The van der Waals surface area contributed by atoms with Crippen LogP contribution < -0.4 is 0 Å². The Bertz CT molecular complexity index is 445. The smallest absolute Gasteiger partial charge is 0.144 e. The molecule has 0 amide bonds. The highest BCUT2D eigenvalue weighted by atomic mass is 33.5. The van der Waals surface area contributed by atoms with E-state index in [9.17, 15) is 0 Å². The Balaban J connectivity index is 4.27. The molecule has 0 saturated heterocycles. The van der Waals surface area contributed by atoms with Gasteiger partial charge in [-0.2, -0.15) is 0 Å². The minimum absolute atomic E-state index is 0.220. The molecule has 0 aromatic rings. The lowest BCUT2D eigenvalue weighted by Gasteiger charge is -2.34. The summed E-state index contributed by atoms with van der Waals surface area (Å²) in [6.07, 6.45) is 16.4. The van der Waals surface area contributed by atoms with Gasteiger partial charge < -0.3 is 18.9 Å². The third kappa shape index (κ3) is 22.5. The maximum atomic E-state index is 6.44. The van der Waals surface area contributed by atoms with E-state index >= 15 is 0 Å². The van der Waals surface area contributed by atoms with Crippen molar-refractivity contribution in [3.63, 3.8) is 0 Å². The largest absolute Gasteiger partial charge is 0.354 e. The van der Waals surface area contributed by atoms with Crippen LogP contribution in [0.1, 0.15) is 131 Å². The monoisotopic (exact) mass is 642 g/mol. The lowest BCUT2D eigenvalue weighted by Crippen LogP contribution is -2.43. The third-order valence-electron chi connectivity index (χ3n) is 6.88. The second-order valence-electron chi connectivity index (χ2n) is 10.8. The van der Waals surface area contributed by atoms with Crippen molar-refractivity contribution < 1.29 is 18.9 Å². The first-order chi connectivity index (χ1) is 19.1. The Labute approximate surface area is 260 Å². The predicted octanol–water partition coefficient (Wildman–Crippen LogP) is 9.15. The highest BCUT2D eigenvalue weighted by molar-refractivity contribution is 9.09. The van der Waals surface area contributed by atoms with Gasteiger partial charge in [-0.1, -0.05) is 101 Å². The van der Waals surface area contributed by atoms with Gasteiger partial charge in [0.1, 0.15) is 10.8 Å². The molecule has 0 aliphatic rings. The molecule has 0 radical (unpaired) electrons. The fourth-order valence-electron chi connectivity index (χ4n) is 4.50. The highest BCUT2D eigenvalue weighted by Crippen LogP contribution is 2.36. The summed E-state index contributed by atoms with van der Waals surface area (Å²) in [5.74, 6) is 2.43. The summed E-state index contributed by atoms with van der Waals surface area (Å²) in [6, 6.07) is 2.49. The van der Waals surface area contributed by atoms with E-state index in [1.54, 1.807) is 0 Å². The second-order valence-corrected chi connectivity index (χ2v) is 20.4. The SMILES string of the molecule is CCCCOC(CCCCSSSCCCCC(OCCCC)(OCCCC)[SiH2]CC)(OCCCC)[SiH2]CC. The highest BCUT2D eigenvalue weighted by Gasteiger charge is 2.31. The van der Waals surface area contributed by atoms with Gasteiger partial charge in [0.15, 0.2) is 0 Å². The normalized spacial score (nSPS) is 13.1. The number of unbranched alkanes of at least 4 members (excludes halogenated alkanes) is 6. The molecular formula is C30H66O4S3Si2. The molecule has 0 bridgehead atoms. The lowest BCUT2D eigenvalue weighted by molar-refractivity contribution is -0.187. The summed E-state index contributed by atoms with van der Waals surface area (Å²) >= 11 is 0. The molecule has 0 rings (SSSR count). The predicted molar refractivity (Wildman–Crippen MR) is 187 cm³/mol. The Kier molecular flexibility index (Phi) is 30.4. The number of ether oxygens (including phenoxy) is 4. The zero-order chi connectivity index (χ0) is 28.9. The molecule has 0 spiro atoms. The molecule has 0 N–H and O–H groups in total. The summed E-state index contributed by atoms with van der Waals surface area (Å²) in [6.45, 7) is 17.0. The van der Waals surface area contributed by atoms with Gasteiger partial charge in [0.2, 0.25) is 0 Å². The van der Waals surface area contributed by atoms with Gasteiger partial charge in [0.25, 0.3) is 0 Å². The van der Waals surface area contributed by atoms with E-state index in [1.165, 1.54) is 75.0 Å². The summed E-state index contributed by atoms with van der Waals surface area (Å²) in [7, 11) is 5.26. The van der Waals surface area contributed by atoms with Crippen LogP contribution in [0.5, 0.6) is 0 Å². The van der Waals surface area contributed by atoms with Crippen molar-refractivity contribution in [1.29, 1.82) is 0 Å².